The monoisotopic (exact) mass is 250 g/mol. The molecule has 1 atom stereocenters. The molecule has 1 unspecified atom stereocenters. The van der Waals surface area contributed by atoms with Crippen LogP contribution in [0.25, 0.3) is 0 Å². The molecule has 0 amide bonds. The number of rotatable bonds is 4. The lowest BCUT2D eigenvalue weighted by atomic mass is 9.97. The third kappa shape index (κ3) is 2.71. The summed E-state index contributed by atoms with van der Waals surface area (Å²) in [5.74, 6) is -0.0732. The second-order valence-corrected chi connectivity index (χ2v) is 5.05. The lowest BCUT2D eigenvalue weighted by Gasteiger charge is -2.09. The molecule has 1 nitrogen and oxygen atoms in total. The predicted octanol–water partition coefficient (Wildman–Crippen LogP) is 3.93. The van der Waals surface area contributed by atoms with Gasteiger partial charge in [-0.25, -0.2) is 0 Å². The van der Waals surface area contributed by atoms with E-state index in [1.807, 2.05) is 35.7 Å². The lowest BCUT2D eigenvalue weighted by molar-refractivity contribution is -0.109. The minimum atomic E-state index is -0.0732. The zero-order valence-corrected chi connectivity index (χ0v) is 10.2. The van der Waals surface area contributed by atoms with E-state index >= 15 is 0 Å². The van der Waals surface area contributed by atoms with E-state index in [1.54, 1.807) is 11.3 Å². The molecule has 0 aliphatic rings. The second-order valence-electron chi connectivity index (χ2n) is 3.58. The van der Waals surface area contributed by atoms with Crippen molar-refractivity contribution < 1.29 is 4.79 Å². The minimum Gasteiger partial charge on any atom is -0.303 e. The highest BCUT2D eigenvalue weighted by Crippen LogP contribution is 2.23. The Kier molecular flexibility index (Phi) is 3.75. The Morgan fingerprint density at radius 3 is 2.56 bits per heavy atom. The summed E-state index contributed by atoms with van der Waals surface area (Å²) < 4.78 is 0. The molecule has 3 heteroatoms. The van der Waals surface area contributed by atoms with Crippen LogP contribution < -0.4 is 0 Å². The van der Waals surface area contributed by atoms with Crippen LogP contribution in [0.1, 0.15) is 16.4 Å². The van der Waals surface area contributed by atoms with E-state index in [2.05, 4.69) is 6.07 Å². The summed E-state index contributed by atoms with van der Waals surface area (Å²) in [4.78, 5) is 12.3. The number of hydrogen-bond donors (Lipinski definition) is 0. The molecule has 2 aromatic rings. The summed E-state index contributed by atoms with van der Waals surface area (Å²) >= 11 is 7.50. The van der Waals surface area contributed by atoms with E-state index < -0.39 is 0 Å². The van der Waals surface area contributed by atoms with Crippen molar-refractivity contribution in [2.24, 2.45) is 0 Å². The average Bonchev–Trinajstić information content (AvgIpc) is 2.80. The van der Waals surface area contributed by atoms with E-state index in [1.165, 1.54) is 4.88 Å². The van der Waals surface area contributed by atoms with Gasteiger partial charge in [-0.2, -0.15) is 0 Å². The van der Waals surface area contributed by atoms with Crippen molar-refractivity contribution in [3.05, 3.63) is 57.2 Å². The number of hydrogen-bond acceptors (Lipinski definition) is 2. The Bertz CT molecular complexity index is 447. The largest absolute Gasteiger partial charge is 0.303 e. The van der Waals surface area contributed by atoms with E-state index in [4.69, 9.17) is 11.6 Å². The Balaban J connectivity index is 2.16. The lowest BCUT2D eigenvalue weighted by Crippen LogP contribution is -2.03. The normalized spacial score (nSPS) is 12.3. The molecule has 0 fully saturated rings. The van der Waals surface area contributed by atoms with Gasteiger partial charge in [-0.1, -0.05) is 29.8 Å². The van der Waals surface area contributed by atoms with E-state index in [0.29, 0.717) is 5.02 Å². The van der Waals surface area contributed by atoms with Gasteiger partial charge in [0.2, 0.25) is 0 Å². The van der Waals surface area contributed by atoms with Crippen LogP contribution >= 0.6 is 22.9 Å². The molecule has 1 aromatic carbocycles. The molecule has 2 rings (SSSR count). The van der Waals surface area contributed by atoms with Gasteiger partial charge in [0.05, 0.1) is 0 Å². The number of carbonyl (C=O) groups is 1. The van der Waals surface area contributed by atoms with Crippen molar-refractivity contribution in [1.82, 2.24) is 0 Å². The molecular formula is C13H11ClOS. The third-order valence-electron chi connectivity index (χ3n) is 2.46. The van der Waals surface area contributed by atoms with Crippen LogP contribution in [0.4, 0.5) is 0 Å². The second kappa shape index (κ2) is 5.28. The quantitative estimate of drug-likeness (QED) is 0.752. The molecule has 0 aliphatic carbocycles. The Morgan fingerprint density at radius 1 is 1.25 bits per heavy atom. The first-order chi connectivity index (χ1) is 7.79. The van der Waals surface area contributed by atoms with Gasteiger partial charge in [-0.05, 0) is 35.6 Å². The van der Waals surface area contributed by atoms with Crippen molar-refractivity contribution in [3.63, 3.8) is 0 Å². The summed E-state index contributed by atoms with van der Waals surface area (Å²) in [6, 6.07) is 11.5. The topological polar surface area (TPSA) is 17.1 Å². The Hall–Kier alpha value is -1.12. The summed E-state index contributed by atoms with van der Waals surface area (Å²) in [6.45, 7) is 0. The number of halogens is 1. The number of thiophene rings is 1. The highest BCUT2D eigenvalue weighted by atomic mass is 35.5. The van der Waals surface area contributed by atoms with Crippen LogP contribution in [0.15, 0.2) is 41.8 Å². The maximum Gasteiger partial charge on any atom is 0.127 e. The first kappa shape index (κ1) is 11.4. The smallest absolute Gasteiger partial charge is 0.127 e. The van der Waals surface area contributed by atoms with Crippen LogP contribution in [0.2, 0.25) is 5.02 Å². The molecule has 0 saturated carbocycles. The van der Waals surface area contributed by atoms with Gasteiger partial charge < -0.3 is 4.79 Å². The molecule has 0 aliphatic heterocycles. The Labute approximate surface area is 104 Å². The highest BCUT2D eigenvalue weighted by Gasteiger charge is 2.11. The van der Waals surface area contributed by atoms with Crippen molar-refractivity contribution in [2.45, 2.75) is 12.3 Å². The molecule has 16 heavy (non-hydrogen) atoms. The van der Waals surface area contributed by atoms with Crippen molar-refractivity contribution in [2.75, 3.05) is 0 Å². The third-order valence-corrected chi connectivity index (χ3v) is 3.61. The molecular weight excluding hydrogens is 240 g/mol. The maximum absolute atomic E-state index is 11.1. The first-order valence-corrected chi connectivity index (χ1v) is 6.28. The molecule has 0 saturated heterocycles. The number of aldehydes is 1. The first-order valence-electron chi connectivity index (χ1n) is 5.03. The fourth-order valence-electron chi connectivity index (χ4n) is 1.60. The number of carbonyl (C=O) groups excluding carboxylic acids is 1. The van der Waals surface area contributed by atoms with Crippen molar-refractivity contribution >= 4 is 29.2 Å². The SMILES string of the molecule is O=CC(Cc1cccs1)c1ccc(Cl)cc1. The van der Waals surface area contributed by atoms with E-state index in [9.17, 15) is 4.79 Å². The molecule has 0 radical (unpaired) electrons. The van der Waals surface area contributed by atoms with Crippen molar-refractivity contribution in [1.29, 1.82) is 0 Å². The minimum absolute atomic E-state index is 0.0732. The van der Waals surface area contributed by atoms with Crippen LogP contribution in [0, 0.1) is 0 Å². The van der Waals surface area contributed by atoms with Crippen LogP contribution in [-0.2, 0) is 11.2 Å². The fraction of sp³-hybridized carbons (Fsp3) is 0.154. The number of benzene rings is 1. The molecule has 0 spiro atoms. The molecule has 0 bridgehead atoms. The van der Waals surface area contributed by atoms with Crippen LogP contribution in [0.3, 0.4) is 0 Å². The maximum atomic E-state index is 11.1. The van der Waals surface area contributed by atoms with Gasteiger partial charge in [0.1, 0.15) is 6.29 Å². The molecule has 1 aromatic heterocycles. The molecule has 0 N–H and O–H groups in total. The van der Waals surface area contributed by atoms with Crippen LogP contribution in [-0.4, -0.2) is 6.29 Å². The molecule has 82 valence electrons. The molecule has 1 heterocycles. The summed E-state index contributed by atoms with van der Waals surface area (Å²) in [6.07, 6.45) is 1.77. The van der Waals surface area contributed by atoms with Gasteiger partial charge >= 0.3 is 0 Å². The fourth-order valence-corrected chi connectivity index (χ4v) is 2.49. The zero-order chi connectivity index (χ0) is 11.4. The Morgan fingerprint density at radius 2 is 2.00 bits per heavy atom. The van der Waals surface area contributed by atoms with E-state index in [0.717, 1.165) is 18.3 Å². The standard InChI is InChI=1S/C13H11ClOS/c14-12-5-3-10(4-6-12)11(9-15)8-13-2-1-7-16-13/h1-7,9,11H,8H2. The van der Waals surface area contributed by atoms with E-state index in [-0.39, 0.29) is 5.92 Å². The average molecular weight is 251 g/mol. The summed E-state index contributed by atoms with van der Waals surface area (Å²) in [5.41, 5.74) is 1.02. The van der Waals surface area contributed by atoms with Gasteiger partial charge in [-0.15, -0.1) is 11.3 Å². The predicted molar refractivity (Wildman–Crippen MR) is 68.3 cm³/mol. The van der Waals surface area contributed by atoms with Gasteiger partial charge in [-0.3, -0.25) is 0 Å². The highest BCUT2D eigenvalue weighted by molar-refractivity contribution is 7.09. The van der Waals surface area contributed by atoms with Crippen LogP contribution in [0.5, 0.6) is 0 Å². The summed E-state index contributed by atoms with van der Waals surface area (Å²) in [5, 5.41) is 2.73. The van der Waals surface area contributed by atoms with Gasteiger partial charge in [0, 0.05) is 15.8 Å². The zero-order valence-electron chi connectivity index (χ0n) is 8.60. The summed E-state index contributed by atoms with van der Waals surface area (Å²) in [7, 11) is 0. The van der Waals surface area contributed by atoms with Gasteiger partial charge in [0.25, 0.3) is 0 Å². The van der Waals surface area contributed by atoms with Crippen molar-refractivity contribution in [3.8, 4) is 0 Å². The van der Waals surface area contributed by atoms with Gasteiger partial charge in [0.15, 0.2) is 0 Å².